The highest BCUT2D eigenvalue weighted by molar-refractivity contribution is 7.46. The maximum Gasteiger partial charge on any atom is 0.469 e. The van der Waals surface area contributed by atoms with Crippen LogP contribution in [0.3, 0.4) is 0 Å². The van der Waals surface area contributed by atoms with Crippen LogP contribution in [0.15, 0.2) is 42.5 Å². The number of alkyl halides is 3. The third-order valence-corrected chi connectivity index (χ3v) is 5.34. The molecule has 2 aromatic carbocycles. The molecular formula is C21H26F4NO6P. The maximum atomic E-state index is 13.5. The van der Waals surface area contributed by atoms with Crippen LogP contribution in [0, 0.1) is 5.82 Å². The van der Waals surface area contributed by atoms with Gasteiger partial charge in [0.1, 0.15) is 11.6 Å². The summed E-state index contributed by atoms with van der Waals surface area (Å²) in [6, 6.07) is 9.34. The molecule has 0 aliphatic carbocycles. The second kappa shape index (κ2) is 11.4. The zero-order chi connectivity index (χ0) is 24.7. The van der Waals surface area contributed by atoms with Crippen molar-refractivity contribution in [2.75, 3.05) is 19.8 Å². The van der Waals surface area contributed by atoms with E-state index in [9.17, 15) is 27.2 Å². The molecule has 184 valence electrons. The Labute approximate surface area is 188 Å². The van der Waals surface area contributed by atoms with E-state index in [4.69, 9.17) is 20.3 Å². The SMILES string of the molecule is NC(CO)(CCc1ccc(OCCCc2ccc(F)cc2)c(C(F)(F)F)c1)COP(=O)(O)O. The highest BCUT2D eigenvalue weighted by Crippen LogP contribution is 2.38. The first-order chi connectivity index (χ1) is 15.3. The van der Waals surface area contributed by atoms with E-state index in [1.165, 1.54) is 24.3 Å². The first-order valence-corrected chi connectivity index (χ1v) is 11.5. The molecule has 1 unspecified atom stereocenters. The molecule has 0 saturated heterocycles. The molecule has 5 N–H and O–H groups in total. The van der Waals surface area contributed by atoms with E-state index in [1.807, 2.05) is 0 Å². The maximum absolute atomic E-state index is 13.5. The van der Waals surface area contributed by atoms with Gasteiger partial charge >= 0.3 is 14.0 Å². The Kier molecular flexibility index (Phi) is 9.42. The summed E-state index contributed by atoms with van der Waals surface area (Å²) in [6.07, 6.45) is -3.83. The predicted octanol–water partition coefficient (Wildman–Crippen LogP) is 3.59. The Hall–Kier alpha value is -2.01. The Bertz CT molecular complexity index is 951. The number of hydrogen-bond acceptors (Lipinski definition) is 5. The number of nitrogens with two attached hydrogens (primary N) is 1. The minimum absolute atomic E-state index is 0.00446. The van der Waals surface area contributed by atoms with Crippen molar-refractivity contribution in [2.45, 2.75) is 37.4 Å². The second-order valence-corrected chi connectivity index (χ2v) is 8.93. The molecule has 2 aromatic rings. The molecule has 0 radical (unpaired) electrons. The minimum atomic E-state index is -4.82. The molecular weight excluding hydrogens is 469 g/mol. The second-order valence-electron chi connectivity index (χ2n) is 7.69. The third-order valence-electron chi connectivity index (χ3n) is 4.88. The van der Waals surface area contributed by atoms with Gasteiger partial charge < -0.3 is 25.4 Å². The summed E-state index contributed by atoms with van der Waals surface area (Å²) in [5, 5.41) is 9.43. The quantitative estimate of drug-likeness (QED) is 0.202. The number of benzene rings is 2. The Morgan fingerprint density at radius 1 is 1.00 bits per heavy atom. The monoisotopic (exact) mass is 495 g/mol. The number of phosphoric acid groups is 1. The summed E-state index contributed by atoms with van der Waals surface area (Å²) in [7, 11) is -4.82. The van der Waals surface area contributed by atoms with E-state index in [2.05, 4.69) is 4.52 Å². The van der Waals surface area contributed by atoms with Gasteiger partial charge in [-0.3, -0.25) is 4.52 Å². The van der Waals surface area contributed by atoms with E-state index in [0.29, 0.717) is 12.8 Å². The average molecular weight is 495 g/mol. The largest absolute Gasteiger partial charge is 0.493 e. The molecule has 0 amide bonds. The third kappa shape index (κ3) is 9.40. The summed E-state index contributed by atoms with van der Waals surface area (Å²) < 4.78 is 74.1. The molecule has 0 saturated carbocycles. The van der Waals surface area contributed by atoms with E-state index in [-0.39, 0.29) is 36.6 Å². The molecule has 12 heteroatoms. The van der Waals surface area contributed by atoms with E-state index >= 15 is 0 Å². The smallest absolute Gasteiger partial charge is 0.469 e. The van der Waals surface area contributed by atoms with Crippen molar-refractivity contribution in [2.24, 2.45) is 5.73 Å². The summed E-state index contributed by atoms with van der Waals surface area (Å²) in [6.45, 7) is -1.33. The number of ether oxygens (including phenoxy) is 1. The number of aliphatic hydroxyl groups excluding tert-OH is 1. The van der Waals surface area contributed by atoms with Crippen molar-refractivity contribution in [1.82, 2.24) is 0 Å². The number of halogens is 4. The minimum Gasteiger partial charge on any atom is -0.493 e. The van der Waals surface area contributed by atoms with E-state index < -0.39 is 38.3 Å². The molecule has 0 aromatic heterocycles. The van der Waals surface area contributed by atoms with Crippen LogP contribution in [0.4, 0.5) is 17.6 Å². The topological polar surface area (TPSA) is 122 Å². The standard InChI is InChI=1S/C21H26F4NO6P/c22-17-6-3-15(4-7-17)2-1-11-31-19-8-5-16(12-18(19)21(23,24)25)9-10-20(26,13-27)14-32-33(28,29)30/h3-8,12,27H,1-2,9-11,13-14,26H2,(H2,28,29,30). The van der Waals surface area contributed by atoms with Crippen molar-refractivity contribution in [1.29, 1.82) is 0 Å². The van der Waals surface area contributed by atoms with Gasteiger partial charge in [-0.25, -0.2) is 8.96 Å². The normalized spacial score (nSPS) is 14.2. The first-order valence-electron chi connectivity index (χ1n) is 9.98. The molecule has 0 fully saturated rings. The highest BCUT2D eigenvalue weighted by atomic mass is 31.2. The van der Waals surface area contributed by atoms with Gasteiger partial charge in [0.15, 0.2) is 0 Å². The predicted molar refractivity (Wildman–Crippen MR) is 112 cm³/mol. The number of aryl methyl sites for hydroxylation is 2. The summed E-state index contributed by atoms with van der Waals surface area (Å²) >= 11 is 0. The highest BCUT2D eigenvalue weighted by Gasteiger charge is 2.35. The molecule has 0 aliphatic heterocycles. The number of phosphoric ester groups is 1. The molecule has 0 heterocycles. The lowest BCUT2D eigenvalue weighted by Gasteiger charge is -2.27. The average Bonchev–Trinajstić information content (AvgIpc) is 2.74. The van der Waals surface area contributed by atoms with Crippen molar-refractivity contribution in [3.05, 3.63) is 65.0 Å². The summed E-state index contributed by atoms with van der Waals surface area (Å²) in [5.41, 5.74) is 4.43. The van der Waals surface area contributed by atoms with Crippen LogP contribution in [0.25, 0.3) is 0 Å². The van der Waals surface area contributed by atoms with E-state index in [1.54, 1.807) is 12.1 Å². The fourth-order valence-corrected chi connectivity index (χ4v) is 3.42. The number of aliphatic hydroxyl groups is 1. The Morgan fingerprint density at radius 3 is 2.21 bits per heavy atom. The molecule has 7 nitrogen and oxygen atoms in total. The number of rotatable bonds is 12. The van der Waals surface area contributed by atoms with Crippen LogP contribution < -0.4 is 10.5 Å². The molecule has 0 bridgehead atoms. The van der Waals surface area contributed by atoms with Gasteiger partial charge in [-0.2, -0.15) is 13.2 Å². The van der Waals surface area contributed by atoms with Crippen LogP contribution in [-0.2, 0) is 28.1 Å². The van der Waals surface area contributed by atoms with Gasteiger partial charge in [-0.1, -0.05) is 18.2 Å². The van der Waals surface area contributed by atoms with Crippen LogP contribution in [0.2, 0.25) is 0 Å². The zero-order valence-corrected chi connectivity index (χ0v) is 18.5. The fraction of sp³-hybridized carbons (Fsp3) is 0.429. The Balaban J connectivity index is 2.01. The van der Waals surface area contributed by atoms with Crippen molar-refractivity contribution < 1.29 is 46.3 Å². The fourth-order valence-electron chi connectivity index (χ4n) is 2.99. The lowest BCUT2D eigenvalue weighted by molar-refractivity contribution is -0.139. The van der Waals surface area contributed by atoms with Crippen molar-refractivity contribution in [3.63, 3.8) is 0 Å². The van der Waals surface area contributed by atoms with E-state index in [0.717, 1.165) is 11.6 Å². The lowest BCUT2D eigenvalue weighted by atomic mass is 9.93. The van der Waals surface area contributed by atoms with Gasteiger partial charge in [0.2, 0.25) is 0 Å². The molecule has 1 atom stereocenters. The van der Waals surface area contributed by atoms with Crippen LogP contribution in [0.5, 0.6) is 5.75 Å². The van der Waals surface area contributed by atoms with Gasteiger partial charge in [-0.15, -0.1) is 0 Å². The lowest BCUT2D eigenvalue weighted by Crippen LogP contribution is -2.48. The first kappa shape index (κ1) is 27.2. The Morgan fingerprint density at radius 2 is 1.64 bits per heavy atom. The van der Waals surface area contributed by atoms with Gasteiger partial charge in [-0.05, 0) is 61.1 Å². The van der Waals surface area contributed by atoms with Crippen LogP contribution in [-0.4, -0.2) is 40.3 Å². The van der Waals surface area contributed by atoms with Gasteiger partial charge in [0.05, 0.1) is 30.9 Å². The van der Waals surface area contributed by atoms with Crippen molar-refractivity contribution >= 4 is 7.82 Å². The summed E-state index contributed by atoms with van der Waals surface area (Å²) in [5.74, 6) is -0.707. The molecule has 0 aliphatic rings. The zero-order valence-electron chi connectivity index (χ0n) is 17.6. The molecule has 33 heavy (non-hydrogen) atoms. The van der Waals surface area contributed by atoms with Crippen LogP contribution in [0.1, 0.15) is 29.5 Å². The molecule has 2 rings (SSSR count). The van der Waals surface area contributed by atoms with Crippen molar-refractivity contribution in [3.8, 4) is 5.75 Å². The molecule has 0 spiro atoms. The van der Waals surface area contributed by atoms with Gasteiger partial charge in [0.25, 0.3) is 0 Å². The number of hydrogen-bond donors (Lipinski definition) is 4. The van der Waals surface area contributed by atoms with Gasteiger partial charge in [0, 0.05) is 0 Å². The van der Waals surface area contributed by atoms with Crippen LogP contribution >= 0.6 is 7.82 Å². The summed E-state index contributed by atoms with van der Waals surface area (Å²) in [4.78, 5) is 17.6.